The minimum atomic E-state index is 0.664. The normalized spacial score (nSPS) is 10.4. The highest BCUT2D eigenvalue weighted by Gasteiger charge is 2.05. The second kappa shape index (κ2) is 5.19. The van der Waals surface area contributed by atoms with E-state index in [0.29, 0.717) is 6.61 Å². The van der Waals surface area contributed by atoms with E-state index in [0.717, 1.165) is 23.8 Å². The van der Waals surface area contributed by atoms with Gasteiger partial charge in [-0.1, -0.05) is 18.3 Å². The van der Waals surface area contributed by atoms with Crippen molar-refractivity contribution in [1.82, 2.24) is 4.98 Å². The Hall–Kier alpha value is -0.610. The van der Waals surface area contributed by atoms with Gasteiger partial charge in [0.25, 0.3) is 0 Å². The summed E-state index contributed by atoms with van der Waals surface area (Å²) in [5.41, 5.74) is 1.07. The first-order valence-corrected chi connectivity index (χ1v) is 5.28. The van der Waals surface area contributed by atoms with Crippen LogP contribution >= 0.6 is 11.3 Å². The van der Waals surface area contributed by atoms with Gasteiger partial charge in [0, 0.05) is 13.7 Å². The number of methoxy groups -OCH3 is 1. The van der Waals surface area contributed by atoms with Gasteiger partial charge in [0.1, 0.15) is 0 Å². The Bertz CT molecular complexity index is 260. The minimum Gasteiger partial charge on any atom is -0.379 e. The van der Waals surface area contributed by atoms with Crippen molar-refractivity contribution >= 4 is 16.5 Å². The lowest BCUT2D eigenvalue weighted by Gasteiger charge is -1.96. The fourth-order valence-electron chi connectivity index (χ4n) is 1.00. The summed E-state index contributed by atoms with van der Waals surface area (Å²) in [6, 6.07) is 0. The zero-order valence-electron chi connectivity index (χ0n) is 8.39. The highest BCUT2D eigenvalue weighted by molar-refractivity contribution is 7.15. The molecule has 3 nitrogen and oxygen atoms in total. The molecule has 0 saturated carbocycles. The van der Waals surface area contributed by atoms with Gasteiger partial charge in [0.15, 0.2) is 5.13 Å². The standard InChI is InChI=1S/C9H16N2OS/c1-4-5-10-9-11-7(2)8(13-9)6-12-3/h4-6H2,1-3H3,(H,10,11). The number of nitrogens with zero attached hydrogens (tertiary/aromatic N) is 1. The minimum absolute atomic E-state index is 0.664. The molecule has 0 spiro atoms. The SMILES string of the molecule is CCCNc1nc(C)c(COC)s1. The van der Waals surface area contributed by atoms with Crippen molar-refractivity contribution in [1.29, 1.82) is 0 Å². The molecule has 0 radical (unpaired) electrons. The van der Waals surface area contributed by atoms with E-state index in [1.165, 1.54) is 4.88 Å². The number of ether oxygens (including phenoxy) is 1. The van der Waals surface area contributed by atoms with E-state index in [2.05, 4.69) is 17.2 Å². The highest BCUT2D eigenvalue weighted by atomic mass is 32.1. The molecule has 0 fully saturated rings. The lowest BCUT2D eigenvalue weighted by Crippen LogP contribution is -1.98. The molecule has 1 rings (SSSR count). The number of rotatable bonds is 5. The number of thiazole rings is 1. The molecule has 0 aliphatic heterocycles. The molecule has 1 aromatic heterocycles. The molecule has 0 amide bonds. The number of aryl methyl sites for hydroxylation is 1. The molecule has 1 N–H and O–H groups in total. The molecule has 0 aliphatic carbocycles. The maximum Gasteiger partial charge on any atom is 0.183 e. The van der Waals surface area contributed by atoms with Gasteiger partial charge < -0.3 is 10.1 Å². The summed E-state index contributed by atoms with van der Waals surface area (Å²) in [5, 5.41) is 4.27. The summed E-state index contributed by atoms with van der Waals surface area (Å²) in [7, 11) is 1.71. The van der Waals surface area contributed by atoms with Crippen LogP contribution in [0.25, 0.3) is 0 Å². The Labute approximate surface area is 83.1 Å². The number of nitrogens with one attached hydrogen (secondary N) is 1. The third-order valence-corrected chi connectivity index (χ3v) is 2.78. The third kappa shape index (κ3) is 2.97. The smallest absolute Gasteiger partial charge is 0.183 e. The van der Waals surface area contributed by atoms with Crippen molar-refractivity contribution in [3.8, 4) is 0 Å². The van der Waals surface area contributed by atoms with Crippen molar-refractivity contribution in [3.05, 3.63) is 10.6 Å². The molecule has 74 valence electrons. The second-order valence-corrected chi connectivity index (χ2v) is 3.97. The first kappa shape index (κ1) is 10.5. The van der Waals surface area contributed by atoms with Gasteiger partial charge in [-0.05, 0) is 13.3 Å². The van der Waals surface area contributed by atoms with Crippen LogP contribution in [0.1, 0.15) is 23.9 Å². The van der Waals surface area contributed by atoms with Crippen LogP contribution in [0.3, 0.4) is 0 Å². The van der Waals surface area contributed by atoms with Crippen LogP contribution in [0.2, 0.25) is 0 Å². The summed E-state index contributed by atoms with van der Waals surface area (Å²) in [6.07, 6.45) is 1.12. The Morgan fingerprint density at radius 2 is 2.31 bits per heavy atom. The van der Waals surface area contributed by atoms with Gasteiger partial charge >= 0.3 is 0 Å². The maximum absolute atomic E-state index is 5.07. The van der Waals surface area contributed by atoms with Gasteiger partial charge in [-0.3, -0.25) is 0 Å². The van der Waals surface area contributed by atoms with E-state index in [-0.39, 0.29) is 0 Å². The molecule has 1 aromatic rings. The van der Waals surface area contributed by atoms with Crippen LogP contribution < -0.4 is 5.32 Å². The average molecular weight is 200 g/mol. The molecule has 4 heteroatoms. The topological polar surface area (TPSA) is 34.2 Å². The number of hydrogen-bond donors (Lipinski definition) is 1. The second-order valence-electron chi connectivity index (χ2n) is 2.89. The zero-order chi connectivity index (χ0) is 9.68. The quantitative estimate of drug-likeness (QED) is 0.792. The van der Waals surface area contributed by atoms with E-state index in [9.17, 15) is 0 Å². The molecule has 0 aliphatic rings. The van der Waals surface area contributed by atoms with Gasteiger partial charge in [-0.15, -0.1) is 0 Å². The molecule has 1 heterocycles. The van der Waals surface area contributed by atoms with Crippen LogP contribution in [0.15, 0.2) is 0 Å². The number of hydrogen-bond acceptors (Lipinski definition) is 4. The lowest BCUT2D eigenvalue weighted by atomic mass is 10.4. The van der Waals surface area contributed by atoms with E-state index >= 15 is 0 Å². The van der Waals surface area contributed by atoms with Crippen molar-refractivity contribution in [3.63, 3.8) is 0 Å². The molecular weight excluding hydrogens is 184 g/mol. The Morgan fingerprint density at radius 3 is 2.92 bits per heavy atom. The van der Waals surface area contributed by atoms with Crippen LogP contribution in [-0.2, 0) is 11.3 Å². The van der Waals surface area contributed by atoms with Crippen molar-refractivity contribution < 1.29 is 4.74 Å². The summed E-state index contributed by atoms with van der Waals surface area (Å²) >= 11 is 1.68. The Balaban J connectivity index is 2.59. The average Bonchev–Trinajstić information content (AvgIpc) is 2.45. The Morgan fingerprint density at radius 1 is 1.54 bits per heavy atom. The maximum atomic E-state index is 5.07. The molecule has 0 unspecified atom stereocenters. The van der Waals surface area contributed by atoms with Crippen molar-refractivity contribution in [2.75, 3.05) is 19.0 Å². The first-order chi connectivity index (χ1) is 6.27. The largest absolute Gasteiger partial charge is 0.379 e. The number of aromatic nitrogens is 1. The number of anilines is 1. The first-order valence-electron chi connectivity index (χ1n) is 4.47. The predicted molar refractivity (Wildman–Crippen MR) is 56.3 cm³/mol. The molecule has 0 aromatic carbocycles. The molecule has 13 heavy (non-hydrogen) atoms. The molecule has 0 bridgehead atoms. The fourth-order valence-corrected chi connectivity index (χ4v) is 1.96. The molecule has 0 atom stereocenters. The zero-order valence-corrected chi connectivity index (χ0v) is 9.20. The van der Waals surface area contributed by atoms with E-state index in [1.807, 2.05) is 6.92 Å². The summed E-state index contributed by atoms with van der Waals surface area (Å²) < 4.78 is 5.07. The highest BCUT2D eigenvalue weighted by Crippen LogP contribution is 2.22. The van der Waals surface area contributed by atoms with Crippen LogP contribution in [0.4, 0.5) is 5.13 Å². The summed E-state index contributed by atoms with van der Waals surface area (Å²) in [4.78, 5) is 5.60. The van der Waals surface area contributed by atoms with E-state index < -0.39 is 0 Å². The monoisotopic (exact) mass is 200 g/mol. The van der Waals surface area contributed by atoms with Crippen LogP contribution in [-0.4, -0.2) is 18.6 Å². The fraction of sp³-hybridized carbons (Fsp3) is 0.667. The molecule has 0 saturated heterocycles. The van der Waals surface area contributed by atoms with Crippen molar-refractivity contribution in [2.24, 2.45) is 0 Å². The van der Waals surface area contributed by atoms with E-state index in [4.69, 9.17) is 4.74 Å². The Kier molecular flexibility index (Phi) is 4.18. The van der Waals surface area contributed by atoms with Crippen LogP contribution in [0.5, 0.6) is 0 Å². The van der Waals surface area contributed by atoms with Gasteiger partial charge in [0.2, 0.25) is 0 Å². The summed E-state index contributed by atoms with van der Waals surface area (Å²) in [6.45, 7) is 5.81. The van der Waals surface area contributed by atoms with Gasteiger partial charge in [0.05, 0.1) is 17.2 Å². The lowest BCUT2D eigenvalue weighted by molar-refractivity contribution is 0.187. The predicted octanol–water partition coefficient (Wildman–Crippen LogP) is 2.42. The summed E-state index contributed by atoms with van der Waals surface area (Å²) in [5.74, 6) is 0. The van der Waals surface area contributed by atoms with Crippen LogP contribution in [0, 0.1) is 6.92 Å². The van der Waals surface area contributed by atoms with Crippen molar-refractivity contribution in [2.45, 2.75) is 26.9 Å². The van der Waals surface area contributed by atoms with Gasteiger partial charge in [-0.2, -0.15) is 0 Å². The third-order valence-electron chi connectivity index (χ3n) is 1.69. The van der Waals surface area contributed by atoms with Gasteiger partial charge in [-0.25, -0.2) is 4.98 Å². The molecular formula is C9H16N2OS. The van der Waals surface area contributed by atoms with E-state index in [1.54, 1.807) is 18.4 Å².